The fraction of sp³-hybridized carbons (Fsp3) is 0.526. The number of nitrogens with zero attached hydrogens (tertiary/aromatic N) is 1. The molecule has 0 bridgehead atoms. The molecule has 1 heterocycles. The van der Waals surface area contributed by atoms with Crippen LogP contribution in [0.2, 0.25) is 0 Å². The molecule has 0 spiro atoms. The molecule has 1 aromatic carbocycles. The smallest absolute Gasteiger partial charge is 0.407 e. The number of hydrogen-bond acceptors (Lipinski definition) is 7. The van der Waals surface area contributed by atoms with E-state index in [-0.39, 0.29) is 24.5 Å². The van der Waals surface area contributed by atoms with Crippen LogP contribution >= 0.6 is 0 Å². The van der Waals surface area contributed by atoms with Gasteiger partial charge in [-0.25, -0.2) is 15.2 Å². The number of nitrogens with one attached hydrogen (secondary N) is 3. The summed E-state index contributed by atoms with van der Waals surface area (Å²) in [6, 6.07) is 9.16. The van der Waals surface area contributed by atoms with E-state index in [1.54, 1.807) is 13.8 Å². The van der Waals surface area contributed by atoms with Crippen molar-refractivity contribution in [3.8, 4) is 0 Å². The molecule has 2 unspecified atom stereocenters. The van der Waals surface area contributed by atoms with Crippen LogP contribution < -0.4 is 16.2 Å². The van der Waals surface area contributed by atoms with Crippen molar-refractivity contribution in [3.63, 3.8) is 0 Å². The lowest BCUT2D eigenvalue weighted by Crippen LogP contribution is -2.52. The van der Waals surface area contributed by atoms with Crippen molar-refractivity contribution in [1.29, 1.82) is 0 Å². The lowest BCUT2D eigenvalue weighted by Gasteiger charge is -2.25. The van der Waals surface area contributed by atoms with Crippen LogP contribution in [0.15, 0.2) is 35.3 Å². The third-order valence-corrected chi connectivity index (χ3v) is 4.23. The maximum Gasteiger partial charge on any atom is 0.407 e. The number of aliphatic imine (C=N–C) groups is 1. The van der Waals surface area contributed by atoms with E-state index in [0.29, 0.717) is 12.4 Å². The van der Waals surface area contributed by atoms with Gasteiger partial charge in [-0.2, -0.15) is 0 Å². The number of ether oxygens (including phenoxy) is 2. The van der Waals surface area contributed by atoms with Crippen LogP contribution in [0, 0.1) is 11.8 Å². The lowest BCUT2D eigenvalue weighted by molar-refractivity contribution is -0.145. The van der Waals surface area contributed by atoms with E-state index < -0.39 is 18.2 Å². The van der Waals surface area contributed by atoms with Gasteiger partial charge in [0.1, 0.15) is 24.5 Å². The number of amides is 1. The Kier molecular flexibility index (Phi) is 7.60. The number of amidine groups is 1. The highest BCUT2D eigenvalue weighted by Crippen LogP contribution is 2.14. The minimum Gasteiger partial charge on any atom is -0.465 e. The molecule has 3 N–H and O–H groups in total. The van der Waals surface area contributed by atoms with Crippen LogP contribution in [0.4, 0.5) is 4.79 Å². The van der Waals surface area contributed by atoms with Crippen molar-refractivity contribution in [1.82, 2.24) is 16.2 Å². The SMILES string of the molecule is CCOC(=O)C(C)C1=NC([C@@H](NC(=O)OCc2ccccc2)C(C)C)NN1. The van der Waals surface area contributed by atoms with Crippen molar-refractivity contribution >= 4 is 17.9 Å². The molecule has 148 valence electrons. The number of esters is 1. The van der Waals surface area contributed by atoms with E-state index in [1.807, 2.05) is 44.2 Å². The molecule has 1 aliphatic rings. The Bertz CT molecular complexity index is 663. The second-order valence-corrected chi connectivity index (χ2v) is 6.68. The monoisotopic (exact) mass is 376 g/mol. The van der Waals surface area contributed by atoms with Gasteiger partial charge >= 0.3 is 12.1 Å². The van der Waals surface area contributed by atoms with Gasteiger partial charge in [-0.1, -0.05) is 44.2 Å². The molecule has 0 saturated carbocycles. The summed E-state index contributed by atoms with van der Waals surface area (Å²) >= 11 is 0. The Morgan fingerprint density at radius 1 is 1.19 bits per heavy atom. The summed E-state index contributed by atoms with van der Waals surface area (Å²) in [5.74, 6) is -0.277. The Morgan fingerprint density at radius 3 is 2.52 bits per heavy atom. The highest BCUT2D eigenvalue weighted by molar-refractivity contribution is 6.01. The van der Waals surface area contributed by atoms with E-state index in [0.717, 1.165) is 5.56 Å². The summed E-state index contributed by atoms with van der Waals surface area (Å²) in [4.78, 5) is 28.6. The number of carbonyl (C=O) groups excluding carboxylic acids is 2. The minimum absolute atomic E-state index is 0.0922. The van der Waals surface area contributed by atoms with Gasteiger partial charge in [0.05, 0.1) is 12.6 Å². The number of hydrogen-bond donors (Lipinski definition) is 3. The molecule has 0 fully saturated rings. The summed E-state index contributed by atoms with van der Waals surface area (Å²) in [5.41, 5.74) is 6.85. The van der Waals surface area contributed by atoms with Crippen LogP contribution in [0.1, 0.15) is 33.3 Å². The van der Waals surface area contributed by atoms with Crippen LogP contribution in [-0.4, -0.2) is 36.7 Å². The average Bonchev–Trinajstić information content (AvgIpc) is 3.14. The highest BCUT2D eigenvalue weighted by atomic mass is 16.5. The number of rotatable bonds is 8. The van der Waals surface area contributed by atoms with E-state index >= 15 is 0 Å². The molecular weight excluding hydrogens is 348 g/mol. The Morgan fingerprint density at radius 2 is 1.89 bits per heavy atom. The van der Waals surface area contributed by atoms with Crippen molar-refractivity contribution in [2.45, 2.75) is 46.5 Å². The van der Waals surface area contributed by atoms with Gasteiger partial charge in [0.15, 0.2) is 0 Å². The molecular formula is C19H28N4O4. The molecule has 1 aromatic rings. The Labute approximate surface area is 159 Å². The topological polar surface area (TPSA) is 101 Å². The second kappa shape index (κ2) is 9.91. The van der Waals surface area contributed by atoms with E-state index in [9.17, 15) is 9.59 Å². The summed E-state index contributed by atoms with van der Waals surface area (Å²) in [7, 11) is 0. The van der Waals surface area contributed by atoms with Gasteiger partial charge < -0.3 is 20.2 Å². The first-order valence-electron chi connectivity index (χ1n) is 9.15. The lowest BCUT2D eigenvalue weighted by atomic mass is 10.0. The second-order valence-electron chi connectivity index (χ2n) is 6.68. The summed E-state index contributed by atoms with van der Waals surface area (Å²) in [6.45, 7) is 7.95. The Balaban J connectivity index is 1.94. The molecule has 8 heteroatoms. The largest absolute Gasteiger partial charge is 0.465 e. The zero-order chi connectivity index (χ0) is 19.8. The van der Waals surface area contributed by atoms with Crippen LogP contribution in [0.3, 0.4) is 0 Å². The van der Waals surface area contributed by atoms with Crippen molar-refractivity contribution in [3.05, 3.63) is 35.9 Å². The first kappa shape index (κ1) is 20.7. The summed E-state index contributed by atoms with van der Waals surface area (Å²) in [6.07, 6.45) is -0.928. The van der Waals surface area contributed by atoms with E-state index in [2.05, 4.69) is 21.2 Å². The normalized spacial score (nSPS) is 18.3. The molecule has 2 rings (SSSR count). The first-order valence-corrected chi connectivity index (χ1v) is 9.15. The standard InChI is InChI=1S/C19H28N4O4/c1-5-26-18(24)13(4)16-21-17(23-22-16)15(12(2)3)20-19(25)27-11-14-9-7-6-8-10-14/h6-10,12-13,15,17,23H,5,11H2,1-4H3,(H,20,25)(H,21,22)/t13?,15-,17?/m0/s1. The van der Waals surface area contributed by atoms with Gasteiger partial charge in [-0.05, 0) is 25.3 Å². The van der Waals surface area contributed by atoms with Gasteiger partial charge in [-0.3, -0.25) is 4.79 Å². The number of alkyl carbamates (subject to hydrolysis) is 1. The summed E-state index contributed by atoms with van der Waals surface area (Å²) in [5, 5.41) is 2.86. The van der Waals surface area contributed by atoms with Crippen molar-refractivity contribution in [2.24, 2.45) is 16.8 Å². The molecule has 1 amide bonds. The summed E-state index contributed by atoms with van der Waals surface area (Å²) < 4.78 is 10.3. The first-order chi connectivity index (χ1) is 12.9. The van der Waals surface area contributed by atoms with Crippen LogP contribution in [-0.2, 0) is 20.9 Å². The van der Waals surface area contributed by atoms with Crippen molar-refractivity contribution < 1.29 is 19.1 Å². The zero-order valence-corrected chi connectivity index (χ0v) is 16.2. The third-order valence-electron chi connectivity index (χ3n) is 4.23. The minimum atomic E-state index is -0.514. The number of benzene rings is 1. The molecule has 27 heavy (non-hydrogen) atoms. The molecule has 0 saturated heterocycles. The predicted molar refractivity (Wildman–Crippen MR) is 102 cm³/mol. The van der Waals surface area contributed by atoms with E-state index in [1.165, 1.54) is 0 Å². The molecule has 1 aliphatic heterocycles. The van der Waals surface area contributed by atoms with Gasteiger partial charge in [0.2, 0.25) is 0 Å². The molecule has 0 aliphatic carbocycles. The van der Waals surface area contributed by atoms with Gasteiger partial charge in [0, 0.05) is 0 Å². The fourth-order valence-corrected chi connectivity index (χ4v) is 2.64. The van der Waals surface area contributed by atoms with Crippen LogP contribution in [0.25, 0.3) is 0 Å². The fourth-order valence-electron chi connectivity index (χ4n) is 2.64. The maximum absolute atomic E-state index is 12.2. The number of carbonyl (C=O) groups is 2. The number of hydrazine groups is 1. The highest BCUT2D eigenvalue weighted by Gasteiger charge is 2.33. The van der Waals surface area contributed by atoms with Gasteiger partial charge in [0.25, 0.3) is 0 Å². The Hall–Kier alpha value is -2.61. The van der Waals surface area contributed by atoms with Gasteiger partial charge in [-0.15, -0.1) is 0 Å². The molecule has 8 nitrogen and oxygen atoms in total. The maximum atomic E-state index is 12.2. The quantitative estimate of drug-likeness (QED) is 0.600. The van der Waals surface area contributed by atoms with E-state index in [4.69, 9.17) is 9.47 Å². The van der Waals surface area contributed by atoms with Crippen LogP contribution in [0.5, 0.6) is 0 Å². The third kappa shape index (κ3) is 5.96. The molecule has 0 aromatic heterocycles. The predicted octanol–water partition coefficient (Wildman–Crippen LogP) is 1.97. The molecule has 3 atom stereocenters. The average molecular weight is 376 g/mol. The zero-order valence-electron chi connectivity index (χ0n) is 16.2. The molecule has 0 radical (unpaired) electrons. The van der Waals surface area contributed by atoms with Crippen molar-refractivity contribution in [2.75, 3.05) is 6.61 Å².